The Bertz CT molecular complexity index is 1180. The van der Waals surface area contributed by atoms with Gasteiger partial charge in [-0.1, -0.05) is 54.1 Å². The van der Waals surface area contributed by atoms with E-state index in [-0.39, 0.29) is 5.91 Å². The highest BCUT2D eigenvalue weighted by atomic mass is 16.6. The normalized spacial score (nSPS) is 11.6. The summed E-state index contributed by atoms with van der Waals surface area (Å²) in [5.74, 6) is 0.0870. The van der Waals surface area contributed by atoms with Crippen LogP contribution in [0.5, 0.6) is 5.75 Å². The number of carbonyl (C=O) groups is 2. The lowest BCUT2D eigenvalue weighted by Crippen LogP contribution is -2.46. The predicted molar refractivity (Wildman–Crippen MR) is 121 cm³/mol. The van der Waals surface area contributed by atoms with Gasteiger partial charge in [-0.2, -0.15) is 0 Å². The van der Waals surface area contributed by atoms with E-state index in [1.807, 2.05) is 67.7 Å². The van der Waals surface area contributed by atoms with Crippen LogP contribution in [0.15, 0.2) is 85.1 Å². The van der Waals surface area contributed by atoms with Gasteiger partial charge in [-0.15, -0.1) is 0 Å². The van der Waals surface area contributed by atoms with E-state index in [1.54, 1.807) is 24.3 Å². The molecule has 4 aromatic rings. The van der Waals surface area contributed by atoms with Crippen LogP contribution in [0.2, 0.25) is 0 Å². The summed E-state index contributed by atoms with van der Waals surface area (Å²) in [4.78, 5) is 28.8. The average Bonchev–Trinajstić information content (AvgIpc) is 3.18. The number of rotatable bonds is 6. The molecule has 0 bridgehead atoms. The van der Waals surface area contributed by atoms with Crippen LogP contribution < -0.4 is 15.4 Å². The molecule has 2 amide bonds. The average molecular weight is 413 g/mol. The molecule has 31 heavy (non-hydrogen) atoms. The third-order valence-corrected chi connectivity index (χ3v) is 4.98. The van der Waals surface area contributed by atoms with Crippen molar-refractivity contribution in [3.05, 3.63) is 96.2 Å². The summed E-state index contributed by atoms with van der Waals surface area (Å²) in [6.45, 7) is 1.98. The number of amides is 2. The van der Waals surface area contributed by atoms with Crippen LogP contribution in [-0.4, -0.2) is 23.0 Å². The molecule has 156 valence electrons. The molecule has 0 fully saturated rings. The van der Waals surface area contributed by atoms with Crippen LogP contribution in [-0.2, 0) is 11.2 Å². The van der Waals surface area contributed by atoms with E-state index >= 15 is 0 Å². The van der Waals surface area contributed by atoms with Gasteiger partial charge in [0.1, 0.15) is 11.8 Å². The number of aryl methyl sites for hydroxylation is 1. The van der Waals surface area contributed by atoms with Crippen LogP contribution in [0.4, 0.5) is 10.5 Å². The number of H-pyrrole nitrogens is 1. The van der Waals surface area contributed by atoms with Crippen molar-refractivity contribution in [2.45, 2.75) is 19.4 Å². The molecule has 4 rings (SSSR count). The first-order valence-corrected chi connectivity index (χ1v) is 10.0. The fourth-order valence-electron chi connectivity index (χ4n) is 3.36. The Kier molecular flexibility index (Phi) is 5.98. The van der Waals surface area contributed by atoms with Gasteiger partial charge in [-0.3, -0.25) is 4.79 Å². The van der Waals surface area contributed by atoms with Crippen molar-refractivity contribution in [3.8, 4) is 5.75 Å². The smallest absolute Gasteiger partial charge is 0.410 e. The molecule has 0 saturated carbocycles. The highest BCUT2D eigenvalue weighted by Crippen LogP contribution is 2.20. The molecule has 3 aromatic carbocycles. The maximum Gasteiger partial charge on any atom is 0.413 e. The number of para-hydroxylation sites is 2. The number of anilines is 1. The zero-order valence-corrected chi connectivity index (χ0v) is 17.1. The van der Waals surface area contributed by atoms with Gasteiger partial charge >= 0.3 is 6.09 Å². The van der Waals surface area contributed by atoms with Crippen molar-refractivity contribution in [2.75, 3.05) is 5.32 Å². The zero-order valence-electron chi connectivity index (χ0n) is 17.1. The number of hydrogen-bond donors (Lipinski definition) is 3. The van der Waals surface area contributed by atoms with Crippen molar-refractivity contribution in [1.29, 1.82) is 0 Å². The van der Waals surface area contributed by atoms with Crippen LogP contribution in [0.25, 0.3) is 10.9 Å². The van der Waals surface area contributed by atoms with Crippen molar-refractivity contribution in [3.63, 3.8) is 0 Å². The summed E-state index contributed by atoms with van der Waals surface area (Å²) < 4.78 is 5.33. The van der Waals surface area contributed by atoms with Gasteiger partial charge in [0.15, 0.2) is 0 Å². The molecule has 1 atom stereocenters. The molecule has 3 N–H and O–H groups in total. The molecule has 0 spiro atoms. The summed E-state index contributed by atoms with van der Waals surface area (Å²) in [5, 5.41) is 6.60. The quantitative estimate of drug-likeness (QED) is 0.424. The van der Waals surface area contributed by atoms with Crippen molar-refractivity contribution in [1.82, 2.24) is 10.3 Å². The molecule has 6 heteroatoms. The van der Waals surface area contributed by atoms with Gasteiger partial charge < -0.3 is 20.4 Å². The molecule has 0 saturated heterocycles. The highest BCUT2D eigenvalue weighted by molar-refractivity contribution is 5.97. The Hall–Kier alpha value is -4.06. The number of carbonyl (C=O) groups excluding carboxylic acids is 2. The molecule has 6 nitrogen and oxygen atoms in total. The molecule has 0 unspecified atom stereocenters. The summed E-state index contributed by atoms with van der Waals surface area (Å²) in [6.07, 6.45) is 1.49. The Balaban J connectivity index is 1.54. The van der Waals surface area contributed by atoms with Crippen LogP contribution in [0, 0.1) is 6.92 Å². The Morgan fingerprint density at radius 2 is 1.65 bits per heavy atom. The second-order valence-corrected chi connectivity index (χ2v) is 7.32. The molecule has 0 aliphatic rings. The summed E-state index contributed by atoms with van der Waals surface area (Å²) in [6, 6.07) is 23.3. The van der Waals surface area contributed by atoms with E-state index in [0.717, 1.165) is 22.0 Å². The molecule has 0 aliphatic heterocycles. The maximum absolute atomic E-state index is 13.1. The van der Waals surface area contributed by atoms with Crippen LogP contribution >= 0.6 is 0 Å². The zero-order chi connectivity index (χ0) is 21.6. The van der Waals surface area contributed by atoms with E-state index in [1.165, 1.54) is 0 Å². The third-order valence-electron chi connectivity index (χ3n) is 4.98. The van der Waals surface area contributed by atoms with Gasteiger partial charge in [-0.05, 0) is 42.8 Å². The van der Waals surface area contributed by atoms with E-state index < -0.39 is 12.1 Å². The number of ether oxygens (including phenoxy) is 1. The maximum atomic E-state index is 13.1. The fraction of sp³-hybridized carbons (Fsp3) is 0.120. The number of aromatic nitrogens is 1. The lowest BCUT2D eigenvalue weighted by atomic mass is 10.0. The van der Waals surface area contributed by atoms with Crippen LogP contribution in [0.3, 0.4) is 0 Å². The highest BCUT2D eigenvalue weighted by Gasteiger charge is 2.24. The number of benzene rings is 3. The Labute approximate surface area is 180 Å². The molecular formula is C25H23N3O3. The van der Waals surface area contributed by atoms with Gasteiger partial charge in [-0.25, -0.2) is 4.79 Å². The van der Waals surface area contributed by atoms with Crippen molar-refractivity contribution >= 4 is 28.6 Å². The first-order chi connectivity index (χ1) is 15.1. The SMILES string of the molecule is Cc1ccc(NC(=O)[C@H](Cc2c[nH]c3ccccc23)NC(=O)Oc2ccccc2)cc1. The topological polar surface area (TPSA) is 83.2 Å². The summed E-state index contributed by atoms with van der Waals surface area (Å²) in [7, 11) is 0. The second kappa shape index (κ2) is 9.17. The van der Waals surface area contributed by atoms with Crippen LogP contribution in [0.1, 0.15) is 11.1 Å². The molecular weight excluding hydrogens is 390 g/mol. The number of fused-ring (bicyclic) bond motifs is 1. The summed E-state index contributed by atoms with van der Waals surface area (Å²) in [5.41, 5.74) is 3.66. The molecule has 0 radical (unpaired) electrons. The van der Waals surface area contributed by atoms with E-state index in [2.05, 4.69) is 15.6 Å². The minimum atomic E-state index is -0.822. The van der Waals surface area contributed by atoms with Gasteiger partial charge in [0, 0.05) is 29.2 Å². The van der Waals surface area contributed by atoms with Crippen molar-refractivity contribution in [2.24, 2.45) is 0 Å². The Morgan fingerprint density at radius 3 is 2.42 bits per heavy atom. The van der Waals surface area contributed by atoms with Crippen molar-refractivity contribution < 1.29 is 14.3 Å². The lowest BCUT2D eigenvalue weighted by molar-refractivity contribution is -0.118. The number of nitrogens with one attached hydrogen (secondary N) is 3. The molecule has 0 aliphatic carbocycles. The van der Waals surface area contributed by atoms with E-state index in [0.29, 0.717) is 17.9 Å². The molecule has 1 heterocycles. The predicted octanol–water partition coefficient (Wildman–Crippen LogP) is 4.81. The monoisotopic (exact) mass is 413 g/mol. The van der Waals surface area contributed by atoms with E-state index in [9.17, 15) is 9.59 Å². The van der Waals surface area contributed by atoms with Gasteiger partial charge in [0.05, 0.1) is 0 Å². The first kappa shape index (κ1) is 20.2. The standard InChI is InChI=1S/C25H23N3O3/c1-17-11-13-19(14-12-17)27-24(29)23(28-25(30)31-20-7-3-2-4-8-20)15-18-16-26-22-10-6-5-9-21(18)22/h2-14,16,23,26H,15H2,1H3,(H,27,29)(H,28,30)/t23-/m0/s1. The third kappa shape index (κ3) is 5.11. The van der Waals surface area contributed by atoms with E-state index in [4.69, 9.17) is 4.74 Å². The first-order valence-electron chi connectivity index (χ1n) is 10.0. The largest absolute Gasteiger partial charge is 0.413 e. The minimum absolute atomic E-state index is 0.311. The number of hydrogen-bond acceptors (Lipinski definition) is 3. The van der Waals surface area contributed by atoms with Gasteiger partial charge in [0.25, 0.3) is 0 Å². The van der Waals surface area contributed by atoms with Gasteiger partial charge in [0.2, 0.25) is 5.91 Å². The Morgan fingerprint density at radius 1 is 0.935 bits per heavy atom. The number of aromatic amines is 1. The minimum Gasteiger partial charge on any atom is -0.410 e. The fourth-order valence-corrected chi connectivity index (χ4v) is 3.36. The summed E-state index contributed by atoms with van der Waals surface area (Å²) >= 11 is 0. The second-order valence-electron chi connectivity index (χ2n) is 7.32. The lowest BCUT2D eigenvalue weighted by Gasteiger charge is -2.18. The molecule has 1 aromatic heterocycles.